The van der Waals surface area contributed by atoms with Crippen LogP contribution in [0.1, 0.15) is 28.8 Å². The molecule has 1 saturated heterocycles. The minimum absolute atomic E-state index is 0.0102. The van der Waals surface area contributed by atoms with E-state index in [9.17, 15) is 14.4 Å². The number of hydrogen-bond acceptors (Lipinski definition) is 8. The number of carboxylic acid groups (broad SMARTS) is 1. The molecular formula is C25H25Cl2N5O6. The summed E-state index contributed by atoms with van der Waals surface area (Å²) in [5, 5.41) is 19.6. The monoisotopic (exact) mass is 561 g/mol. The van der Waals surface area contributed by atoms with Crippen LogP contribution < -0.4 is 20.9 Å². The summed E-state index contributed by atoms with van der Waals surface area (Å²) < 4.78 is 11.4. The van der Waals surface area contributed by atoms with Crippen LogP contribution in [0.25, 0.3) is 0 Å². The molecule has 0 aromatic heterocycles. The lowest BCUT2D eigenvalue weighted by atomic mass is 9.95. The van der Waals surface area contributed by atoms with Crippen LogP contribution in [0.15, 0.2) is 30.3 Å². The Morgan fingerprint density at radius 1 is 1.21 bits per heavy atom. The number of hydrogen-bond donors (Lipinski definition) is 4. The molecule has 0 saturated carbocycles. The number of imide groups is 1. The molecule has 4 N–H and O–H groups in total. The van der Waals surface area contributed by atoms with Gasteiger partial charge in [0.1, 0.15) is 5.75 Å². The second-order valence-electron chi connectivity index (χ2n) is 8.87. The van der Waals surface area contributed by atoms with Gasteiger partial charge in [0.05, 0.1) is 21.8 Å². The molecule has 1 unspecified atom stereocenters. The van der Waals surface area contributed by atoms with Crippen molar-refractivity contribution >= 4 is 46.8 Å². The number of rotatable bonds is 8. The lowest BCUT2D eigenvalue weighted by molar-refractivity contribution is -0.120. The van der Waals surface area contributed by atoms with E-state index >= 15 is 0 Å². The highest BCUT2D eigenvalue weighted by atomic mass is 35.5. The number of nitriles is 1. The smallest absolute Gasteiger partial charge is 0.411 e. The molecule has 11 nitrogen and oxygen atoms in total. The first-order valence-corrected chi connectivity index (χ1v) is 12.6. The first kappa shape index (κ1) is 27.5. The maximum Gasteiger partial charge on any atom is 0.411 e. The van der Waals surface area contributed by atoms with Gasteiger partial charge in [-0.15, -0.1) is 0 Å². The third-order valence-electron chi connectivity index (χ3n) is 6.27. The van der Waals surface area contributed by atoms with Gasteiger partial charge in [0.25, 0.3) is 11.8 Å². The highest BCUT2D eigenvalue weighted by molar-refractivity contribution is 6.37. The Kier molecular flexibility index (Phi) is 8.91. The first-order chi connectivity index (χ1) is 18.2. The van der Waals surface area contributed by atoms with Crippen LogP contribution >= 0.6 is 23.2 Å². The fourth-order valence-electron chi connectivity index (χ4n) is 4.33. The summed E-state index contributed by atoms with van der Waals surface area (Å²) >= 11 is 12.7. The van der Waals surface area contributed by atoms with E-state index in [1.165, 1.54) is 12.1 Å². The lowest BCUT2D eigenvalue weighted by Crippen LogP contribution is -2.47. The number of anilines is 1. The van der Waals surface area contributed by atoms with Gasteiger partial charge >= 0.3 is 6.09 Å². The Labute approximate surface area is 228 Å². The predicted molar refractivity (Wildman–Crippen MR) is 138 cm³/mol. The van der Waals surface area contributed by atoms with Crippen molar-refractivity contribution in [2.75, 3.05) is 31.7 Å². The number of benzene rings is 2. The molecule has 2 aromatic rings. The predicted octanol–water partition coefficient (Wildman–Crippen LogP) is 3.81. The van der Waals surface area contributed by atoms with Crippen LogP contribution in [0.5, 0.6) is 11.5 Å². The molecule has 1 fully saturated rings. The zero-order valence-corrected chi connectivity index (χ0v) is 21.6. The SMILES string of the molecule is N#CC(NNc1cc(Cl)c(Oc2ccc3c(c2)CCN(CC2CCOCC2)C3=O)c(Cl)c1)C(=O)NC(=O)O. The molecule has 200 valence electrons. The average molecular weight is 562 g/mol. The Hall–Kier alpha value is -3.56. The third-order valence-corrected chi connectivity index (χ3v) is 6.83. The van der Waals surface area contributed by atoms with Crippen molar-refractivity contribution in [3.63, 3.8) is 0 Å². The number of fused-ring (bicyclic) bond motifs is 1. The Balaban J connectivity index is 1.41. The van der Waals surface area contributed by atoms with Crippen LogP contribution in [0.2, 0.25) is 10.0 Å². The highest BCUT2D eigenvalue weighted by Gasteiger charge is 2.28. The van der Waals surface area contributed by atoms with Gasteiger partial charge in [0.2, 0.25) is 0 Å². The number of carbonyl (C=O) groups excluding carboxylic acids is 2. The van der Waals surface area contributed by atoms with E-state index in [0.29, 0.717) is 35.9 Å². The van der Waals surface area contributed by atoms with E-state index in [2.05, 4.69) is 10.9 Å². The Morgan fingerprint density at radius 2 is 1.92 bits per heavy atom. The summed E-state index contributed by atoms with van der Waals surface area (Å²) in [4.78, 5) is 37.3. The lowest BCUT2D eigenvalue weighted by Gasteiger charge is -2.33. The average Bonchev–Trinajstić information content (AvgIpc) is 2.88. The first-order valence-electron chi connectivity index (χ1n) is 11.9. The molecule has 4 rings (SSSR count). The number of nitrogens with one attached hydrogen (secondary N) is 3. The molecule has 13 heteroatoms. The zero-order chi connectivity index (χ0) is 27.2. The number of ether oxygens (including phenoxy) is 2. The van der Waals surface area contributed by atoms with E-state index in [1.54, 1.807) is 29.6 Å². The molecule has 0 aliphatic carbocycles. The van der Waals surface area contributed by atoms with Crippen LogP contribution in [0, 0.1) is 17.2 Å². The zero-order valence-electron chi connectivity index (χ0n) is 20.1. The van der Waals surface area contributed by atoms with Crippen LogP contribution in [-0.2, 0) is 16.0 Å². The topological polar surface area (TPSA) is 153 Å². The molecule has 3 amide bonds. The maximum atomic E-state index is 13.1. The molecule has 0 bridgehead atoms. The quantitative estimate of drug-likeness (QED) is 0.352. The van der Waals surface area contributed by atoms with Gasteiger partial charge in [0, 0.05) is 31.9 Å². The molecule has 2 aliphatic heterocycles. The Bertz CT molecular complexity index is 1250. The van der Waals surface area contributed by atoms with E-state index in [0.717, 1.165) is 38.2 Å². The summed E-state index contributed by atoms with van der Waals surface area (Å²) in [6.07, 6.45) is 1.05. The van der Waals surface area contributed by atoms with Crippen molar-refractivity contribution in [1.82, 2.24) is 15.6 Å². The van der Waals surface area contributed by atoms with Gasteiger partial charge in [0.15, 0.2) is 11.8 Å². The fraction of sp³-hybridized carbons (Fsp3) is 0.360. The molecule has 38 heavy (non-hydrogen) atoms. The molecule has 1 atom stereocenters. The van der Waals surface area contributed by atoms with Crippen LogP contribution in [0.4, 0.5) is 10.5 Å². The number of halogens is 2. The fourth-order valence-corrected chi connectivity index (χ4v) is 4.89. The Morgan fingerprint density at radius 3 is 2.58 bits per heavy atom. The van der Waals surface area contributed by atoms with Gasteiger partial charge in [-0.3, -0.25) is 14.9 Å². The van der Waals surface area contributed by atoms with Crippen molar-refractivity contribution in [2.24, 2.45) is 5.92 Å². The van der Waals surface area contributed by atoms with Crippen LogP contribution in [-0.4, -0.2) is 60.3 Å². The normalized spacial score (nSPS) is 16.2. The van der Waals surface area contributed by atoms with Gasteiger partial charge in [-0.25, -0.2) is 10.2 Å². The van der Waals surface area contributed by atoms with Crippen molar-refractivity contribution in [1.29, 1.82) is 5.26 Å². The maximum absolute atomic E-state index is 13.1. The van der Waals surface area contributed by atoms with Crippen molar-refractivity contribution in [2.45, 2.75) is 25.3 Å². The van der Waals surface area contributed by atoms with E-state index in [-0.39, 0.29) is 21.7 Å². The highest BCUT2D eigenvalue weighted by Crippen LogP contribution is 2.39. The molecule has 0 radical (unpaired) electrons. The van der Waals surface area contributed by atoms with Gasteiger partial charge in [-0.05, 0) is 61.1 Å². The van der Waals surface area contributed by atoms with Gasteiger partial charge in [-0.2, -0.15) is 5.26 Å². The van der Waals surface area contributed by atoms with E-state index < -0.39 is 18.0 Å². The second-order valence-corrected chi connectivity index (χ2v) is 9.69. The number of hydrazine groups is 1. The number of amides is 3. The van der Waals surface area contributed by atoms with Gasteiger partial charge in [-0.1, -0.05) is 23.2 Å². The molecule has 2 aromatic carbocycles. The molecule has 0 spiro atoms. The summed E-state index contributed by atoms with van der Waals surface area (Å²) in [5.74, 6) is 0.0641. The van der Waals surface area contributed by atoms with Crippen molar-refractivity contribution in [3.05, 3.63) is 51.5 Å². The third kappa shape index (κ3) is 6.65. The summed E-state index contributed by atoms with van der Waals surface area (Å²) in [6, 6.07) is 8.28. The van der Waals surface area contributed by atoms with Gasteiger partial charge < -0.3 is 24.9 Å². The molecular weight excluding hydrogens is 537 g/mol. The van der Waals surface area contributed by atoms with Crippen molar-refractivity contribution in [3.8, 4) is 17.6 Å². The summed E-state index contributed by atoms with van der Waals surface area (Å²) in [6.45, 7) is 2.86. The molecule has 2 aliphatic rings. The largest absolute Gasteiger partial charge is 0.465 e. The minimum Gasteiger partial charge on any atom is -0.465 e. The second kappa shape index (κ2) is 12.3. The van der Waals surface area contributed by atoms with Crippen molar-refractivity contribution < 1.29 is 29.0 Å². The van der Waals surface area contributed by atoms with E-state index in [1.807, 2.05) is 4.90 Å². The summed E-state index contributed by atoms with van der Waals surface area (Å²) in [5.41, 5.74) is 6.83. The van der Waals surface area contributed by atoms with Crippen LogP contribution in [0.3, 0.4) is 0 Å². The minimum atomic E-state index is -1.58. The molecule has 2 heterocycles. The number of carbonyl (C=O) groups is 3. The summed E-state index contributed by atoms with van der Waals surface area (Å²) in [7, 11) is 0. The number of nitrogens with zero attached hydrogens (tertiary/aromatic N) is 2. The standard InChI is InChI=1S/C25H25Cl2N5O6/c26-19-10-16(30-31-21(12-28)23(33)29-25(35)36)11-20(27)22(19)38-17-1-2-18-15(9-17)3-6-32(24(18)34)13-14-4-7-37-8-5-14/h1-2,9-11,14,21,30-31H,3-8,13H2,(H,29,33)(H,35,36). The van der Waals surface area contributed by atoms with E-state index in [4.69, 9.17) is 43.0 Å².